The van der Waals surface area contributed by atoms with E-state index in [2.05, 4.69) is 0 Å². The van der Waals surface area contributed by atoms with Gasteiger partial charge in [0, 0.05) is 18.2 Å². The predicted octanol–water partition coefficient (Wildman–Crippen LogP) is 6.73. The first-order valence-electron chi connectivity index (χ1n) is 11.6. The van der Waals surface area contributed by atoms with E-state index in [1.54, 1.807) is 0 Å². The van der Waals surface area contributed by atoms with Gasteiger partial charge in [-0.15, -0.1) is 0 Å². The van der Waals surface area contributed by atoms with Crippen LogP contribution in [-0.4, -0.2) is 21.8 Å². The highest BCUT2D eigenvalue weighted by Crippen LogP contribution is 2.53. The van der Waals surface area contributed by atoms with Gasteiger partial charge in [-0.3, -0.25) is 0 Å². The van der Waals surface area contributed by atoms with Crippen LogP contribution in [0.5, 0.6) is 0 Å². The Hall–Kier alpha value is 0.137. The fourth-order valence-corrected chi connectivity index (χ4v) is 12.0. The molecule has 0 aliphatic heterocycles. The van der Waals surface area contributed by atoms with Crippen LogP contribution in [0.3, 0.4) is 0 Å². The molecule has 0 aromatic carbocycles. The highest BCUT2D eigenvalue weighted by Gasteiger charge is 2.55. The van der Waals surface area contributed by atoms with Gasteiger partial charge in [0.15, 0.2) is 0 Å². The fraction of sp³-hybridized carbons (Fsp3) is 1.00. The normalized spacial score (nSPS) is 28.1. The third kappa shape index (κ3) is 3.75. The van der Waals surface area contributed by atoms with Gasteiger partial charge in [-0.05, 0) is 63.2 Å². The Balaban J connectivity index is 1.59. The Labute approximate surface area is 156 Å². The van der Waals surface area contributed by atoms with Gasteiger partial charge in [0.2, 0.25) is 0 Å². The molecule has 144 valence electrons. The fourth-order valence-electron chi connectivity index (χ4n) is 6.93. The Morgan fingerprint density at radius 1 is 0.600 bits per heavy atom. The predicted molar refractivity (Wildman–Crippen MR) is 106 cm³/mol. The monoisotopic (exact) mass is 364 g/mol. The first-order valence-corrected chi connectivity index (χ1v) is 13.5. The average molecular weight is 365 g/mol. The molecular weight excluding hydrogens is 324 g/mol. The van der Waals surface area contributed by atoms with Crippen molar-refractivity contribution in [1.29, 1.82) is 0 Å². The van der Waals surface area contributed by atoms with E-state index < -0.39 is 8.56 Å². The molecule has 4 saturated carbocycles. The Morgan fingerprint density at radius 2 is 0.960 bits per heavy atom. The van der Waals surface area contributed by atoms with Crippen LogP contribution in [0.1, 0.15) is 103 Å². The second kappa shape index (κ2) is 8.44. The van der Waals surface area contributed by atoms with Crippen LogP contribution in [0.25, 0.3) is 0 Å². The molecule has 4 rings (SSSR count). The molecule has 0 bridgehead atoms. The zero-order valence-electron chi connectivity index (χ0n) is 16.5. The molecule has 0 atom stereocenters. The number of rotatable bonds is 7. The lowest BCUT2D eigenvalue weighted by Crippen LogP contribution is -2.53. The van der Waals surface area contributed by atoms with Crippen molar-refractivity contribution >= 4 is 8.56 Å². The smallest absolute Gasteiger partial charge is 0.344 e. The lowest BCUT2D eigenvalue weighted by Gasteiger charge is -2.44. The maximum atomic E-state index is 7.44. The third-order valence-corrected chi connectivity index (χ3v) is 12.9. The van der Waals surface area contributed by atoms with Crippen molar-refractivity contribution in [2.24, 2.45) is 11.8 Å². The molecule has 0 radical (unpaired) electrons. The van der Waals surface area contributed by atoms with E-state index in [0.29, 0.717) is 6.10 Å². The summed E-state index contributed by atoms with van der Waals surface area (Å²) in [6.07, 6.45) is 23.2. The third-order valence-electron chi connectivity index (χ3n) is 8.22. The van der Waals surface area contributed by atoms with Gasteiger partial charge < -0.3 is 8.85 Å². The van der Waals surface area contributed by atoms with Crippen LogP contribution >= 0.6 is 0 Å². The highest BCUT2D eigenvalue weighted by atomic mass is 28.4. The summed E-state index contributed by atoms with van der Waals surface area (Å²) in [5.41, 5.74) is 1.57. The molecule has 4 fully saturated rings. The van der Waals surface area contributed by atoms with Crippen LogP contribution in [0, 0.1) is 11.8 Å². The molecule has 0 aromatic rings. The average Bonchev–Trinajstić information content (AvgIpc) is 3.45. The summed E-state index contributed by atoms with van der Waals surface area (Å²) in [6.45, 7) is 0. The minimum atomic E-state index is -2.10. The maximum absolute atomic E-state index is 7.44. The van der Waals surface area contributed by atoms with E-state index in [4.69, 9.17) is 8.85 Å². The van der Waals surface area contributed by atoms with Gasteiger partial charge in [0.25, 0.3) is 0 Å². The molecule has 4 aliphatic carbocycles. The molecule has 2 nitrogen and oxygen atoms in total. The standard InChI is InChI=1S/C22H40O2Si/c1-23-25(20-14-6-7-15-20,21-16-8-9-17-21)24-22(18-10-2-3-11-18)19-12-4-5-13-19/h18-22H,2-17H2,1H3. The molecule has 0 amide bonds. The summed E-state index contributed by atoms with van der Waals surface area (Å²) in [4.78, 5) is 0. The second-order valence-corrected chi connectivity index (χ2v) is 13.3. The Kier molecular flexibility index (Phi) is 6.24. The van der Waals surface area contributed by atoms with Crippen LogP contribution in [0.2, 0.25) is 11.1 Å². The molecule has 0 unspecified atom stereocenters. The molecule has 0 N–H and O–H groups in total. The largest absolute Gasteiger partial charge is 0.397 e. The van der Waals surface area contributed by atoms with Crippen molar-refractivity contribution in [1.82, 2.24) is 0 Å². The van der Waals surface area contributed by atoms with E-state index in [1.165, 1.54) is 103 Å². The molecule has 0 heterocycles. The zero-order valence-corrected chi connectivity index (χ0v) is 17.5. The molecule has 3 heteroatoms. The van der Waals surface area contributed by atoms with Crippen molar-refractivity contribution in [3.63, 3.8) is 0 Å². The summed E-state index contributed by atoms with van der Waals surface area (Å²) in [5, 5.41) is 0. The van der Waals surface area contributed by atoms with E-state index >= 15 is 0 Å². The van der Waals surface area contributed by atoms with Gasteiger partial charge in [-0.25, -0.2) is 0 Å². The van der Waals surface area contributed by atoms with Crippen molar-refractivity contribution in [2.45, 2.75) is 120 Å². The minimum absolute atomic E-state index is 0.540. The SMILES string of the molecule is CO[Si](OC(C1CCCC1)C1CCCC1)(C1CCCC1)C1CCCC1. The molecule has 0 spiro atoms. The summed E-state index contributed by atoms with van der Waals surface area (Å²) in [7, 11) is -0.0705. The lowest BCUT2D eigenvalue weighted by molar-refractivity contribution is 0.0304. The van der Waals surface area contributed by atoms with Gasteiger partial charge >= 0.3 is 8.56 Å². The van der Waals surface area contributed by atoms with Crippen LogP contribution < -0.4 is 0 Å². The van der Waals surface area contributed by atoms with E-state index in [9.17, 15) is 0 Å². The first-order chi connectivity index (χ1) is 12.3. The van der Waals surface area contributed by atoms with Gasteiger partial charge in [0.1, 0.15) is 0 Å². The molecule has 0 saturated heterocycles. The number of hydrogen-bond acceptors (Lipinski definition) is 2. The Bertz CT molecular complexity index is 370. The Morgan fingerprint density at radius 3 is 1.32 bits per heavy atom. The number of hydrogen-bond donors (Lipinski definition) is 0. The zero-order chi connectivity index (χ0) is 17.1. The minimum Gasteiger partial charge on any atom is -0.397 e. The summed E-state index contributed by atoms with van der Waals surface area (Å²) in [6, 6.07) is 0. The molecule has 0 aromatic heterocycles. The van der Waals surface area contributed by atoms with E-state index in [-0.39, 0.29) is 0 Å². The van der Waals surface area contributed by atoms with Crippen LogP contribution in [0.15, 0.2) is 0 Å². The van der Waals surface area contributed by atoms with Crippen molar-refractivity contribution in [3.8, 4) is 0 Å². The topological polar surface area (TPSA) is 18.5 Å². The highest BCUT2D eigenvalue weighted by molar-refractivity contribution is 6.70. The van der Waals surface area contributed by atoms with Gasteiger partial charge in [-0.2, -0.15) is 0 Å². The summed E-state index contributed by atoms with van der Waals surface area (Å²) in [5.74, 6) is 1.68. The lowest BCUT2D eigenvalue weighted by atomic mass is 9.89. The van der Waals surface area contributed by atoms with Crippen LogP contribution in [0.4, 0.5) is 0 Å². The summed E-state index contributed by atoms with van der Waals surface area (Å²) >= 11 is 0. The van der Waals surface area contributed by atoms with E-state index in [1.807, 2.05) is 7.11 Å². The van der Waals surface area contributed by atoms with Crippen LogP contribution in [-0.2, 0) is 8.85 Å². The molecular formula is C22H40O2Si. The van der Waals surface area contributed by atoms with Crippen molar-refractivity contribution < 1.29 is 8.85 Å². The van der Waals surface area contributed by atoms with E-state index in [0.717, 1.165) is 22.9 Å². The molecule has 25 heavy (non-hydrogen) atoms. The quantitative estimate of drug-likeness (QED) is 0.466. The molecule has 4 aliphatic rings. The second-order valence-electron chi connectivity index (χ2n) is 9.56. The van der Waals surface area contributed by atoms with Crippen molar-refractivity contribution in [3.05, 3.63) is 0 Å². The van der Waals surface area contributed by atoms with Crippen molar-refractivity contribution in [2.75, 3.05) is 7.11 Å². The van der Waals surface area contributed by atoms with Gasteiger partial charge in [-0.1, -0.05) is 51.4 Å². The maximum Gasteiger partial charge on any atom is 0.344 e. The van der Waals surface area contributed by atoms with Gasteiger partial charge in [0.05, 0.1) is 6.10 Å². The first kappa shape index (κ1) is 18.5. The summed E-state index contributed by atoms with van der Waals surface area (Å²) < 4.78 is 14.0.